The van der Waals surface area contributed by atoms with Crippen LogP contribution in [0, 0.1) is 6.92 Å². The minimum atomic E-state index is -0.102. The van der Waals surface area contributed by atoms with E-state index in [9.17, 15) is 4.79 Å². The van der Waals surface area contributed by atoms with Gasteiger partial charge in [0.25, 0.3) is 0 Å². The Kier molecular flexibility index (Phi) is 6.50. The maximum atomic E-state index is 12.1. The average molecular weight is 314 g/mol. The number of ether oxygens (including phenoxy) is 1. The molecule has 23 heavy (non-hydrogen) atoms. The number of nitrogens with one attached hydrogen (secondary N) is 2. The lowest BCUT2D eigenvalue weighted by Crippen LogP contribution is -2.16. The first-order chi connectivity index (χ1) is 11.2. The van der Waals surface area contributed by atoms with Crippen LogP contribution in [0.25, 0.3) is 0 Å². The van der Waals surface area contributed by atoms with Gasteiger partial charge in [-0.3, -0.25) is 4.79 Å². The number of benzene rings is 1. The van der Waals surface area contributed by atoms with E-state index >= 15 is 0 Å². The highest BCUT2D eigenvalue weighted by Crippen LogP contribution is 2.10. The summed E-state index contributed by atoms with van der Waals surface area (Å²) in [6.45, 7) is 3.46. The van der Waals surface area contributed by atoms with Gasteiger partial charge in [-0.05, 0) is 36.6 Å². The second kappa shape index (κ2) is 8.85. The molecule has 1 amide bonds. The van der Waals surface area contributed by atoms with Crippen molar-refractivity contribution in [1.29, 1.82) is 0 Å². The Hall–Kier alpha value is -2.47. The second-order valence-electron chi connectivity index (χ2n) is 5.23. The molecule has 0 saturated heterocycles. The number of carbonyl (C=O) groups is 1. The largest absolute Gasteiger partial charge is 0.385 e. The van der Waals surface area contributed by atoms with Crippen LogP contribution in [0.2, 0.25) is 0 Å². The van der Waals surface area contributed by atoms with Crippen molar-refractivity contribution in [2.75, 3.05) is 30.9 Å². The summed E-state index contributed by atoms with van der Waals surface area (Å²) in [4.78, 5) is 12.1. The third kappa shape index (κ3) is 5.67. The normalized spacial score (nSPS) is 10.3. The number of amides is 1. The molecule has 122 valence electrons. The van der Waals surface area contributed by atoms with Crippen molar-refractivity contribution in [2.24, 2.45) is 0 Å². The summed E-state index contributed by atoms with van der Waals surface area (Å²) in [5.74, 6) is 1.03. The lowest BCUT2D eigenvalue weighted by Gasteiger charge is -2.07. The van der Waals surface area contributed by atoms with Crippen molar-refractivity contribution in [2.45, 2.75) is 19.8 Å². The molecule has 0 aliphatic carbocycles. The van der Waals surface area contributed by atoms with E-state index in [-0.39, 0.29) is 5.91 Å². The molecule has 0 aliphatic rings. The van der Waals surface area contributed by atoms with Crippen molar-refractivity contribution >= 4 is 17.5 Å². The molecule has 0 bridgehead atoms. The molecule has 1 heterocycles. The predicted molar refractivity (Wildman–Crippen MR) is 90.5 cm³/mol. The molecule has 0 saturated carbocycles. The molecule has 1 aromatic heterocycles. The smallest absolute Gasteiger partial charge is 0.230 e. The molecule has 0 radical (unpaired) electrons. The molecule has 6 heteroatoms. The Bertz CT molecular complexity index is 629. The fraction of sp³-hybridized carbons (Fsp3) is 0.353. The Morgan fingerprint density at radius 2 is 1.87 bits per heavy atom. The lowest BCUT2D eigenvalue weighted by molar-refractivity contribution is -0.115. The first kappa shape index (κ1) is 16.9. The van der Waals surface area contributed by atoms with Gasteiger partial charge in [-0.2, -0.15) is 0 Å². The lowest BCUT2D eigenvalue weighted by atomic mass is 10.1. The number of rotatable bonds is 8. The number of aryl methyl sites for hydroxylation is 1. The fourth-order valence-corrected chi connectivity index (χ4v) is 2.09. The van der Waals surface area contributed by atoms with Crippen molar-refractivity contribution in [3.05, 3.63) is 47.5 Å². The molecule has 6 nitrogen and oxygen atoms in total. The summed E-state index contributed by atoms with van der Waals surface area (Å²) >= 11 is 0. The quantitative estimate of drug-likeness (QED) is 0.732. The van der Waals surface area contributed by atoms with Crippen LogP contribution in [0.5, 0.6) is 0 Å². The zero-order valence-electron chi connectivity index (χ0n) is 13.5. The molecule has 2 N–H and O–H groups in total. The summed E-state index contributed by atoms with van der Waals surface area (Å²) < 4.78 is 4.98. The van der Waals surface area contributed by atoms with E-state index in [1.165, 1.54) is 0 Å². The van der Waals surface area contributed by atoms with Crippen LogP contribution >= 0.6 is 0 Å². The standard InChI is InChI=1S/C17H22N4O2/c1-13-6-3-4-7-14(13)12-17(22)19-16-9-8-15(20-21-16)18-10-5-11-23-2/h3-4,6-9H,5,10-12H2,1-2H3,(H,18,20)(H,19,21,22). The van der Waals surface area contributed by atoms with E-state index in [0.717, 1.165) is 24.1 Å². The van der Waals surface area contributed by atoms with Gasteiger partial charge in [0.15, 0.2) is 5.82 Å². The van der Waals surface area contributed by atoms with E-state index in [4.69, 9.17) is 4.74 Å². The van der Waals surface area contributed by atoms with E-state index in [0.29, 0.717) is 24.7 Å². The summed E-state index contributed by atoms with van der Waals surface area (Å²) in [6.07, 6.45) is 1.22. The van der Waals surface area contributed by atoms with Crippen molar-refractivity contribution in [3.63, 3.8) is 0 Å². The van der Waals surface area contributed by atoms with Crippen LogP contribution in [0.15, 0.2) is 36.4 Å². The minimum absolute atomic E-state index is 0.102. The van der Waals surface area contributed by atoms with Gasteiger partial charge in [-0.25, -0.2) is 0 Å². The zero-order chi connectivity index (χ0) is 16.5. The van der Waals surface area contributed by atoms with Crippen LogP contribution in [0.3, 0.4) is 0 Å². The Labute approximate surface area is 136 Å². The maximum Gasteiger partial charge on any atom is 0.230 e. The summed E-state index contributed by atoms with van der Waals surface area (Å²) in [7, 11) is 1.67. The van der Waals surface area contributed by atoms with E-state index in [1.54, 1.807) is 19.2 Å². The highest BCUT2D eigenvalue weighted by molar-refractivity contribution is 5.91. The Balaban J connectivity index is 1.83. The van der Waals surface area contributed by atoms with Crippen molar-refractivity contribution in [1.82, 2.24) is 10.2 Å². The van der Waals surface area contributed by atoms with Crippen LogP contribution in [-0.2, 0) is 16.0 Å². The van der Waals surface area contributed by atoms with Gasteiger partial charge in [0.05, 0.1) is 6.42 Å². The highest BCUT2D eigenvalue weighted by atomic mass is 16.5. The van der Waals surface area contributed by atoms with Crippen molar-refractivity contribution in [3.8, 4) is 0 Å². The monoisotopic (exact) mass is 314 g/mol. The first-order valence-corrected chi connectivity index (χ1v) is 7.60. The highest BCUT2D eigenvalue weighted by Gasteiger charge is 2.07. The van der Waals surface area contributed by atoms with Gasteiger partial charge >= 0.3 is 0 Å². The number of anilines is 2. The molecule has 2 rings (SSSR count). The number of hydrogen-bond acceptors (Lipinski definition) is 5. The first-order valence-electron chi connectivity index (χ1n) is 7.60. The Morgan fingerprint density at radius 1 is 1.13 bits per heavy atom. The predicted octanol–water partition coefficient (Wildman–Crippen LogP) is 2.41. The zero-order valence-corrected chi connectivity index (χ0v) is 13.5. The number of aromatic nitrogens is 2. The third-order valence-corrected chi connectivity index (χ3v) is 3.38. The third-order valence-electron chi connectivity index (χ3n) is 3.38. The average Bonchev–Trinajstić information content (AvgIpc) is 2.55. The molecule has 0 unspecified atom stereocenters. The van der Waals surface area contributed by atoms with E-state index < -0.39 is 0 Å². The summed E-state index contributed by atoms with van der Waals surface area (Å²) in [5, 5.41) is 13.9. The van der Waals surface area contributed by atoms with Crippen molar-refractivity contribution < 1.29 is 9.53 Å². The minimum Gasteiger partial charge on any atom is -0.385 e. The van der Waals surface area contributed by atoms with Crippen LogP contribution < -0.4 is 10.6 Å². The molecule has 0 atom stereocenters. The van der Waals surface area contributed by atoms with E-state index in [2.05, 4.69) is 20.8 Å². The summed E-state index contributed by atoms with van der Waals surface area (Å²) in [6, 6.07) is 11.4. The number of nitrogens with zero attached hydrogens (tertiary/aromatic N) is 2. The molecular weight excluding hydrogens is 292 g/mol. The maximum absolute atomic E-state index is 12.1. The van der Waals surface area contributed by atoms with Crippen LogP contribution in [0.4, 0.5) is 11.6 Å². The van der Waals surface area contributed by atoms with Gasteiger partial charge in [-0.1, -0.05) is 24.3 Å². The SMILES string of the molecule is COCCCNc1ccc(NC(=O)Cc2ccccc2C)nn1. The van der Waals surface area contributed by atoms with E-state index in [1.807, 2.05) is 31.2 Å². The van der Waals surface area contributed by atoms with Gasteiger partial charge in [-0.15, -0.1) is 10.2 Å². The molecule has 0 spiro atoms. The summed E-state index contributed by atoms with van der Waals surface area (Å²) in [5.41, 5.74) is 2.11. The molecule has 2 aromatic rings. The Morgan fingerprint density at radius 3 is 2.57 bits per heavy atom. The fourth-order valence-electron chi connectivity index (χ4n) is 2.09. The van der Waals surface area contributed by atoms with Crippen LogP contribution in [-0.4, -0.2) is 36.4 Å². The molecule has 0 aliphatic heterocycles. The van der Waals surface area contributed by atoms with Gasteiger partial charge in [0.2, 0.25) is 5.91 Å². The molecule has 1 aromatic carbocycles. The second-order valence-corrected chi connectivity index (χ2v) is 5.23. The topological polar surface area (TPSA) is 76.1 Å². The van der Waals surface area contributed by atoms with Gasteiger partial charge in [0.1, 0.15) is 5.82 Å². The molecular formula is C17H22N4O2. The van der Waals surface area contributed by atoms with Gasteiger partial charge < -0.3 is 15.4 Å². The number of methoxy groups -OCH3 is 1. The number of hydrogen-bond donors (Lipinski definition) is 2. The molecule has 0 fully saturated rings. The van der Waals surface area contributed by atoms with Gasteiger partial charge in [0, 0.05) is 20.3 Å². The number of carbonyl (C=O) groups excluding carboxylic acids is 1. The van der Waals surface area contributed by atoms with Crippen LogP contribution in [0.1, 0.15) is 17.5 Å².